The summed E-state index contributed by atoms with van der Waals surface area (Å²) in [5.41, 5.74) is 1.50. The lowest BCUT2D eigenvalue weighted by molar-refractivity contribution is -0.121. The molecule has 0 aliphatic carbocycles. The van der Waals surface area contributed by atoms with E-state index in [-0.39, 0.29) is 24.2 Å². The summed E-state index contributed by atoms with van der Waals surface area (Å²) in [7, 11) is 0. The van der Waals surface area contributed by atoms with E-state index in [0.717, 1.165) is 11.3 Å². The van der Waals surface area contributed by atoms with Gasteiger partial charge in [0.25, 0.3) is 0 Å². The minimum Gasteiger partial charge on any atom is -0.486 e. The molecule has 0 radical (unpaired) electrons. The molecule has 1 heterocycles. The van der Waals surface area contributed by atoms with Crippen LogP contribution in [-0.2, 0) is 11.2 Å². The Labute approximate surface area is 140 Å². The van der Waals surface area contributed by atoms with Gasteiger partial charge in [0.2, 0.25) is 5.91 Å². The van der Waals surface area contributed by atoms with Gasteiger partial charge >= 0.3 is 0 Å². The maximum absolute atomic E-state index is 13.6. The molecule has 0 saturated heterocycles. The number of carbonyl (C=O) groups is 1. The van der Waals surface area contributed by atoms with Gasteiger partial charge < -0.3 is 14.8 Å². The molecular weight excluding hydrogens is 309 g/mol. The van der Waals surface area contributed by atoms with Crippen LogP contribution in [0.15, 0.2) is 42.5 Å². The van der Waals surface area contributed by atoms with Crippen LogP contribution in [-0.4, -0.2) is 19.1 Å². The largest absolute Gasteiger partial charge is 0.486 e. The SMILES string of the molecule is CC(NC(=O)CCc1ccccc1F)c1ccc2c(c1)OCCO2. The first-order valence-corrected chi connectivity index (χ1v) is 8.06. The van der Waals surface area contributed by atoms with Crippen LogP contribution in [0.5, 0.6) is 11.5 Å². The van der Waals surface area contributed by atoms with E-state index in [0.29, 0.717) is 30.9 Å². The number of rotatable bonds is 5. The van der Waals surface area contributed by atoms with Gasteiger partial charge in [-0.1, -0.05) is 24.3 Å². The number of aryl methyl sites for hydroxylation is 1. The Morgan fingerprint density at radius 3 is 2.71 bits per heavy atom. The van der Waals surface area contributed by atoms with Crippen molar-refractivity contribution in [2.45, 2.75) is 25.8 Å². The third-order valence-electron chi connectivity index (χ3n) is 4.02. The molecule has 1 unspecified atom stereocenters. The molecule has 5 heteroatoms. The molecule has 0 spiro atoms. The molecule has 0 saturated carbocycles. The molecule has 126 valence electrons. The Balaban J connectivity index is 1.57. The van der Waals surface area contributed by atoms with Crippen LogP contribution in [0.2, 0.25) is 0 Å². The van der Waals surface area contributed by atoms with Crippen molar-refractivity contribution >= 4 is 5.91 Å². The van der Waals surface area contributed by atoms with Gasteiger partial charge in [0.05, 0.1) is 6.04 Å². The maximum atomic E-state index is 13.6. The Kier molecular flexibility index (Phi) is 4.99. The lowest BCUT2D eigenvalue weighted by atomic mass is 10.1. The van der Waals surface area contributed by atoms with Crippen LogP contribution >= 0.6 is 0 Å². The minimum atomic E-state index is -0.273. The summed E-state index contributed by atoms with van der Waals surface area (Å²) in [6, 6.07) is 12.0. The van der Waals surface area contributed by atoms with Gasteiger partial charge in [-0.05, 0) is 42.7 Å². The topological polar surface area (TPSA) is 47.6 Å². The summed E-state index contributed by atoms with van der Waals surface area (Å²) in [4.78, 5) is 12.1. The number of amides is 1. The first-order chi connectivity index (χ1) is 11.6. The molecule has 1 N–H and O–H groups in total. The number of ether oxygens (including phenoxy) is 2. The van der Waals surface area contributed by atoms with E-state index in [4.69, 9.17) is 9.47 Å². The summed E-state index contributed by atoms with van der Waals surface area (Å²) >= 11 is 0. The van der Waals surface area contributed by atoms with Crippen molar-refractivity contribution in [2.24, 2.45) is 0 Å². The highest BCUT2D eigenvalue weighted by Crippen LogP contribution is 2.32. The molecule has 1 amide bonds. The molecule has 1 aliphatic rings. The van der Waals surface area contributed by atoms with Gasteiger partial charge in [0, 0.05) is 6.42 Å². The summed E-state index contributed by atoms with van der Waals surface area (Å²) in [5.74, 6) is 1.04. The van der Waals surface area contributed by atoms with Gasteiger partial charge in [-0.15, -0.1) is 0 Å². The van der Waals surface area contributed by atoms with E-state index in [1.807, 2.05) is 25.1 Å². The van der Waals surface area contributed by atoms with Crippen LogP contribution in [0, 0.1) is 5.82 Å². The summed E-state index contributed by atoms with van der Waals surface area (Å²) < 4.78 is 24.6. The van der Waals surface area contributed by atoms with Crippen molar-refractivity contribution < 1.29 is 18.7 Å². The van der Waals surface area contributed by atoms with E-state index in [1.54, 1.807) is 18.2 Å². The second kappa shape index (κ2) is 7.34. The highest BCUT2D eigenvalue weighted by atomic mass is 19.1. The molecular formula is C19H20FNO3. The maximum Gasteiger partial charge on any atom is 0.220 e. The molecule has 2 aromatic carbocycles. The molecule has 0 fully saturated rings. The van der Waals surface area contributed by atoms with Crippen LogP contribution in [0.4, 0.5) is 4.39 Å². The van der Waals surface area contributed by atoms with Crippen molar-refractivity contribution in [2.75, 3.05) is 13.2 Å². The average Bonchev–Trinajstić information content (AvgIpc) is 2.60. The van der Waals surface area contributed by atoms with Crippen molar-refractivity contribution in [3.8, 4) is 11.5 Å². The number of halogens is 1. The fourth-order valence-corrected chi connectivity index (χ4v) is 2.68. The number of carbonyl (C=O) groups excluding carboxylic acids is 1. The Morgan fingerprint density at radius 1 is 1.17 bits per heavy atom. The zero-order valence-electron chi connectivity index (χ0n) is 13.5. The second-order valence-electron chi connectivity index (χ2n) is 5.78. The standard InChI is InChI=1S/C19H20FNO3/c1-13(15-6-8-17-18(12-15)24-11-10-23-17)21-19(22)9-7-14-4-2-3-5-16(14)20/h2-6,8,12-13H,7,9-11H2,1H3,(H,21,22). The molecule has 1 aliphatic heterocycles. The molecule has 2 aromatic rings. The van der Waals surface area contributed by atoms with Gasteiger partial charge in [-0.25, -0.2) is 4.39 Å². The third kappa shape index (κ3) is 3.85. The number of hydrogen-bond donors (Lipinski definition) is 1. The second-order valence-corrected chi connectivity index (χ2v) is 5.78. The lowest BCUT2D eigenvalue weighted by Gasteiger charge is -2.21. The van der Waals surface area contributed by atoms with Crippen molar-refractivity contribution in [3.05, 3.63) is 59.4 Å². The zero-order chi connectivity index (χ0) is 16.9. The number of nitrogens with one attached hydrogen (secondary N) is 1. The van der Waals surface area contributed by atoms with Crippen molar-refractivity contribution in [1.29, 1.82) is 0 Å². The predicted molar refractivity (Wildman–Crippen MR) is 88.7 cm³/mol. The summed E-state index contributed by atoms with van der Waals surface area (Å²) in [6.45, 7) is 2.99. The third-order valence-corrected chi connectivity index (χ3v) is 4.02. The number of hydrogen-bond acceptors (Lipinski definition) is 3. The lowest BCUT2D eigenvalue weighted by Crippen LogP contribution is -2.27. The molecule has 24 heavy (non-hydrogen) atoms. The smallest absolute Gasteiger partial charge is 0.220 e. The van der Waals surface area contributed by atoms with E-state index < -0.39 is 0 Å². The highest BCUT2D eigenvalue weighted by Gasteiger charge is 2.16. The van der Waals surface area contributed by atoms with Gasteiger partial charge in [-0.2, -0.15) is 0 Å². The van der Waals surface area contributed by atoms with Crippen molar-refractivity contribution in [3.63, 3.8) is 0 Å². The molecule has 4 nitrogen and oxygen atoms in total. The normalized spacial score (nSPS) is 14.1. The van der Waals surface area contributed by atoms with E-state index >= 15 is 0 Å². The molecule has 1 atom stereocenters. The fraction of sp³-hybridized carbons (Fsp3) is 0.316. The first kappa shape index (κ1) is 16.3. The van der Waals surface area contributed by atoms with Crippen LogP contribution < -0.4 is 14.8 Å². The van der Waals surface area contributed by atoms with Crippen LogP contribution in [0.1, 0.15) is 30.5 Å². The summed E-state index contributed by atoms with van der Waals surface area (Å²) in [5, 5.41) is 2.93. The quantitative estimate of drug-likeness (QED) is 0.914. The Bertz CT molecular complexity index is 732. The monoisotopic (exact) mass is 329 g/mol. The summed E-state index contributed by atoms with van der Waals surface area (Å²) in [6.07, 6.45) is 0.627. The minimum absolute atomic E-state index is 0.111. The van der Waals surface area contributed by atoms with E-state index in [2.05, 4.69) is 5.32 Å². The van der Waals surface area contributed by atoms with E-state index in [9.17, 15) is 9.18 Å². The Morgan fingerprint density at radius 2 is 1.92 bits per heavy atom. The number of fused-ring (bicyclic) bond motifs is 1. The Hall–Kier alpha value is -2.56. The van der Waals surface area contributed by atoms with E-state index in [1.165, 1.54) is 6.07 Å². The zero-order valence-corrected chi connectivity index (χ0v) is 13.5. The molecule has 0 bridgehead atoms. The van der Waals surface area contributed by atoms with Gasteiger partial charge in [-0.3, -0.25) is 4.79 Å². The van der Waals surface area contributed by atoms with Gasteiger partial charge in [0.1, 0.15) is 19.0 Å². The highest BCUT2D eigenvalue weighted by molar-refractivity contribution is 5.76. The van der Waals surface area contributed by atoms with Gasteiger partial charge in [0.15, 0.2) is 11.5 Å². The predicted octanol–water partition coefficient (Wildman–Crippen LogP) is 3.41. The van der Waals surface area contributed by atoms with Crippen LogP contribution in [0.25, 0.3) is 0 Å². The first-order valence-electron chi connectivity index (χ1n) is 8.06. The molecule has 3 rings (SSSR count). The fourth-order valence-electron chi connectivity index (χ4n) is 2.68. The number of benzene rings is 2. The molecule has 0 aromatic heterocycles. The van der Waals surface area contributed by atoms with Crippen molar-refractivity contribution in [1.82, 2.24) is 5.32 Å². The van der Waals surface area contributed by atoms with Crippen LogP contribution in [0.3, 0.4) is 0 Å². The average molecular weight is 329 g/mol.